The molecule has 0 aromatic heterocycles. The van der Waals surface area contributed by atoms with Gasteiger partial charge in [0.15, 0.2) is 0 Å². The van der Waals surface area contributed by atoms with E-state index in [4.69, 9.17) is 0 Å². The molecule has 1 aliphatic carbocycles. The average Bonchev–Trinajstić information content (AvgIpc) is 3.16. The van der Waals surface area contributed by atoms with Crippen molar-refractivity contribution in [2.24, 2.45) is 0 Å². The van der Waals surface area contributed by atoms with E-state index in [2.05, 4.69) is 27.2 Å². The number of piperazine rings is 1. The van der Waals surface area contributed by atoms with Crippen LogP contribution in [0.1, 0.15) is 24.5 Å². The van der Waals surface area contributed by atoms with Crippen molar-refractivity contribution in [3.05, 3.63) is 53.6 Å². The molecule has 4 rings (SSSR count). The minimum atomic E-state index is -0.176. The Morgan fingerprint density at radius 1 is 1.04 bits per heavy atom. The second-order valence-corrected chi connectivity index (χ2v) is 7.51. The van der Waals surface area contributed by atoms with Crippen LogP contribution in [0.15, 0.2) is 42.5 Å². The predicted molar refractivity (Wildman–Crippen MR) is 108 cm³/mol. The van der Waals surface area contributed by atoms with Gasteiger partial charge in [-0.25, -0.2) is 0 Å². The minimum absolute atomic E-state index is 0.0453. The molecule has 0 unspecified atom stereocenters. The maximum atomic E-state index is 12.7. The molecule has 1 atom stereocenters. The van der Waals surface area contributed by atoms with E-state index in [1.54, 1.807) is 6.07 Å². The van der Waals surface area contributed by atoms with E-state index in [9.17, 15) is 9.90 Å². The maximum absolute atomic E-state index is 12.7. The predicted octanol–water partition coefficient (Wildman–Crippen LogP) is 3.03. The third kappa shape index (κ3) is 3.78. The Balaban J connectivity index is 1.34. The Labute approximate surface area is 160 Å². The number of nitrogens with one attached hydrogen (secondary N) is 1. The fourth-order valence-corrected chi connectivity index (χ4v) is 4.14. The highest BCUT2D eigenvalue weighted by Crippen LogP contribution is 2.28. The summed E-state index contributed by atoms with van der Waals surface area (Å²) in [6.07, 6.45) is 3.48. The first-order valence-electron chi connectivity index (χ1n) is 9.81. The smallest absolute Gasteiger partial charge is 0.241 e. The highest BCUT2D eigenvalue weighted by molar-refractivity contribution is 5.94. The van der Waals surface area contributed by atoms with Gasteiger partial charge in [-0.2, -0.15) is 0 Å². The number of anilines is 2. The van der Waals surface area contributed by atoms with Gasteiger partial charge in [0.1, 0.15) is 5.75 Å². The van der Waals surface area contributed by atoms with Crippen molar-refractivity contribution in [1.29, 1.82) is 0 Å². The Morgan fingerprint density at radius 2 is 1.78 bits per heavy atom. The molecule has 1 heterocycles. The molecule has 2 aromatic rings. The molecule has 2 aliphatic rings. The van der Waals surface area contributed by atoms with E-state index >= 15 is 0 Å². The number of fused-ring (bicyclic) bond motifs is 1. The summed E-state index contributed by atoms with van der Waals surface area (Å²) in [5, 5.41) is 13.1. The summed E-state index contributed by atoms with van der Waals surface area (Å²) in [7, 11) is 0. The first kappa shape index (κ1) is 17.9. The summed E-state index contributed by atoms with van der Waals surface area (Å²) in [6, 6.07) is 13.5. The zero-order valence-corrected chi connectivity index (χ0v) is 15.8. The quantitative estimate of drug-likeness (QED) is 0.874. The lowest BCUT2D eigenvalue weighted by Crippen LogP contribution is -2.52. The number of aryl methyl sites for hydroxylation is 2. The summed E-state index contributed by atoms with van der Waals surface area (Å²) in [5.41, 5.74) is 4.56. The Morgan fingerprint density at radius 3 is 2.56 bits per heavy atom. The van der Waals surface area contributed by atoms with Crippen LogP contribution in [0.3, 0.4) is 0 Å². The number of nitrogens with zero attached hydrogens (tertiary/aromatic N) is 2. The lowest BCUT2D eigenvalue weighted by atomic mass is 10.1. The zero-order valence-electron chi connectivity index (χ0n) is 15.8. The number of amides is 1. The van der Waals surface area contributed by atoms with Gasteiger partial charge in [0.25, 0.3) is 0 Å². The number of phenolic OH excluding ortho intramolecular Hbond substituents is 1. The third-order valence-electron chi connectivity index (χ3n) is 5.83. The van der Waals surface area contributed by atoms with Crippen LogP contribution in [0.4, 0.5) is 11.4 Å². The number of benzene rings is 2. The summed E-state index contributed by atoms with van der Waals surface area (Å²) in [5.74, 6) is 0.359. The number of carbonyl (C=O) groups is 1. The molecule has 0 radical (unpaired) electrons. The van der Waals surface area contributed by atoms with Gasteiger partial charge in [0.2, 0.25) is 5.91 Å². The molecule has 5 nitrogen and oxygen atoms in total. The number of rotatable bonds is 4. The maximum Gasteiger partial charge on any atom is 0.241 e. The standard InChI is InChI=1S/C22H27N3O2/c1-16(22(27)23-19-10-9-17-5-4-6-18(17)15-19)24-11-13-25(14-12-24)20-7-2-3-8-21(20)26/h2-3,7-10,15-16,26H,4-6,11-14H2,1H3,(H,23,27)/t16-/m1/s1. The third-order valence-corrected chi connectivity index (χ3v) is 5.83. The van der Waals surface area contributed by atoms with Gasteiger partial charge in [0.05, 0.1) is 11.7 Å². The summed E-state index contributed by atoms with van der Waals surface area (Å²) in [6.45, 7) is 5.17. The number of carbonyl (C=O) groups excluding carboxylic acids is 1. The molecule has 1 amide bonds. The van der Waals surface area contributed by atoms with E-state index in [0.717, 1.165) is 50.4 Å². The van der Waals surface area contributed by atoms with E-state index in [-0.39, 0.29) is 11.9 Å². The van der Waals surface area contributed by atoms with Gasteiger partial charge in [0, 0.05) is 31.9 Å². The van der Waals surface area contributed by atoms with Crippen LogP contribution in [0.2, 0.25) is 0 Å². The van der Waals surface area contributed by atoms with Gasteiger partial charge in [-0.15, -0.1) is 0 Å². The van der Waals surface area contributed by atoms with Crippen molar-refractivity contribution in [2.45, 2.75) is 32.2 Å². The van der Waals surface area contributed by atoms with Crippen molar-refractivity contribution in [2.75, 3.05) is 36.4 Å². The van der Waals surface area contributed by atoms with Crippen molar-refractivity contribution in [1.82, 2.24) is 4.90 Å². The lowest BCUT2D eigenvalue weighted by Gasteiger charge is -2.38. The Kier molecular flexibility index (Phi) is 5.03. The van der Waals surface area contributed by atoms with Gasteiger partial charge in [-0.1, -0.05) is 18.2 Å². The monoisotopic (exact) mass is 365 g/mol. The molecule has 1 fully saturated rings. The summed E-state index contributed by atoms with van der Waals surface area (Å²) < 4.78 is 0. The van der Waals surface area contributed by atoms with E-state index in [1.807, 2.05) is 31.2 Å². The molecule has 0 spiro atoms. The summed E-state index contributed by atoms with van der Waals surface area (Å²) >= 11 is 0. The number of hydrogen-bond donors (Lipinski definition) is 2. The molecule has 142 valence electrons. The molecule has 0 bridgehead atoms. The van der Waals surface area contributed by atoms with Crippen molar-refractivity contribution in [3.8, 4) is 5.75 Å². The van der Waals surface area contributed by atoms with Crippen LogP contribution in [0.25, 0.3) is 0 Å². The zero-order chi connectivity index (χ0) is 18.8. The van der Waals surface area contributed by atoms with E-state index in [0.29, 0.717) is 5.75 Å². The number of phenols is 1. The average molecular weight is 365 g/mol. The lowest BCUT2D eigenvalue weighted by molar-refractivity contribution is -0.120. The molecular formula is C22H27N3O2. The number of aromatic hydroxyl groups is 1. The van der Waals surface area contributed by atoms with Crippen LogP contribution >= 0.6 is 0 Å². The minimum Gasteiger partial charge on any atom is -0.506 e. The first-order chi connectivity index (χ1) is 13.1. The topological polar surface area (TPSA) is 55.8 Å². The Bertz CT molecular complexity index is 828. The van der Waals surface area contributed by atoms with Crippen molar-refractivity contribution in [3.63, 3.8) is 0 Å². The molecular weight excluding hydrogens is 338 g/mol. The van der Waals surface area contributed by atoms with Gasteiger partial charge >= 0.3 is 0 Å². The van der Waals surface area contributed by atoms with Crippen LogP contribution in [0, 0.1) is 0 Å². The molecule has 5 heteroatoms. The highest BCUT2D eigenvalue weighted by Gasteiger charge is 2.26. The van der Waals surface area contributed by atoms with Crippen LogP contribution < -0.4 is 10.2 Å². The van der Waals surface area contributed by atoms with Crippen LogP contribution in [-0.4, -0.2) is 48.1 Å². The molecule has 2 aromatic carbocycles. The SMILES string of the molecule is C[C@H](C(=O)Nc1ccc2c(c1)CCC2)N1CCN(c2ccccc2O)CC1. The second-order valence-electron chi connectivity index (χ2n) is 7.51. The van der Waals surface area contributed by atoms with Crippen molar-refractivity contribution < 1.29 is 9.90 Å². The normalized spacial score (nSPS) is 18.2. The van der Waals surface area contributed by atoms with E-state index in [1.165, 1.54) is 17.5 Å². The van der Waals surface area contributed by atoms with Crippen LogP contribution in [0.5, 0.6) is 5.75 Å². The fraction of sp³-hybridized carbons (Fsp3) is 0.409. The van der Waals surface area contributed by atoms with Gasteiger partial charge in [-0.05, 0) is 61.6 Å². The molecule has 0 saturated carbocycles. The first-order valence-corrected chi connectivity index (χ1v) is 9.81. The molecule has 27 heavy (non-hydrogen) atoms. The van der Waals surface area contributed by atoms with Gasteiger partial charge in [-0.3, -0.25) is 9.69 Å². The summed E-state index contributed by atoms with van der Waals surface area (Å²) in [4.78, 5) is 17.1. The largest absolute Gasteiger partial charge is 0.506 e. The number of para-hydroxylation sites is 2. The molecule has 1 saturated heterocycles. The van der Waals surface area contributed by atoms with E-state index < -0.39 is 0 Å². The Hall–Kier alpha value is -2.53. The van der Waals surface area contributed by atoms with Crippen LogP contribution in [-0.2, 0) is 17.6 Å². The number of hydrogen-bond acceptors (Lipinski definition) is 4. The second kappa shape index (κ2) is 7.61. The molecule has 2 N–H and O–H groups in total. The van der Waals surface area contributed by atoms with Crippen molar-refractivity contribution >= 4 is 17.3 Å². The van der Waals surface area contributed by atoms with Gasteiger partial charge < -0.3 is 15.3 Å². The highest BCUT2D eigenvalue weighted by atomic mass is 16.3. The fourth-order valence-electron chi connectivity index (χ4n) is 4.14. The molecule has 1 aliphatic heterocycles.